The molecule has 5 aromatic rings. The monoisotopic (exact) mass is 955 g/mol. The Morgan fingerprint density at radius 2 is 1.80 bits per heavy atom. The highest BCUT2D eigenvalue weighted by molar-refractivity contribution is 7.93. The van der Waals surface area contributed by atoms with Gasteiger partial charge in [0.25, 0.3) is 12.3 Å². The Bertz CT molecular complexity index is 3060. The zero-order chi connectivity index (χ0) is 47.2. The highest BCUT2D eigenvalue weighted by Crippen LogP contribution is 2.62. The molecule has 14 nitrogen and oxygen atoms in total. The van der Waals surface area contributed by atoms with Crippen LogP contribution in [-0.2, 0) is 33.7 Å². The van der Waals surface area contributed by atoms with Gasteiger partial charge in [-0.25, -0.2) is 31.0 Å². The molecule has 66 heavy (non-hydrogen) atoms. The minimum absolute atomic E-state index is 0.0175. The molecular weight excluding hydrogens is 916 g/mol. The van der Waals surface area contributed by atoms with Crippen molar-refractivity contribution in [2.45, 2.75) is 86.4 Å². The second-order valence-electron chi connectivity index (χ2n) is 17.5. The number of nitrogens with two attached hydrogens (primary N) is 1. The predicted octanol–water partition coefficient (Wildman–Crippen LogP) is 6.99. The summed E-state index contributed by atoms with van der Waals surface area (Å²) < 4.78 is 120. The van der Waals surface area contributed by atoms with Crippen LogP contribution in [0.3, 0.4) is 0 Å². The van der Waals surface area contributed by atoms with Crippen molar-refractivity contribution < 1.29 is 49.1 Å². The first-order valence-electron chi connectivity index (χ1n) is 20.8. The van der Waals surface area contributed by atoms with Gasteiger partial charge in [-0.3, -0.25) is 19.8 Å². The summed E-state index contributed by atoms with van der Waals surface area (Å²) in [6.45, 7) is 1.96. The standard InChI is InChI=1S/C44H40ClF6N9O5S/c1-42(2,66(63,64)24-5-6-24)11-10-23-4-7-25(26-8-9-29(45)33-36(26)60(3)59-39(33)56-41-58-57-40(65-41)43(62)12-13-43)35(54-23)30(16-20-14-21(46)17-22(47)15-20)55-31(61)19-53-37-32(34(52)38(48)49)27-18-28(27)44(37,50)51/h4,7-9,14-15,17,24,27-28,30,38,62H,5-6,12-13,16,18-19,52H2,1-3H3,(H,55,61)(H,56,58,59)/t27-,28+,30-/m0/s1. The summed E-state index contributed by atoms with van der Waals surface area (Å²) in [6.07, 6.45) is -1.77. The molecule has 0 saturated heterocycles. The van der Waals surface area contributed by atoms with Crippen LogP contribution in [0.1, 0.15) is 74.8 Å². The van der Waals surface area contributed by atoms with Crippen molar-refractivity contribution >= 4 is 55.8 Å². The van der Waals surface area contributed by atoms with Crippen molar-refractivity contribution in [2.24, 2.45) is 29.6 Å². The van der Waals surface area contributed by atoms with E-state index >= 15 is 8.78 Å². The summed E-state index contributed by atoms with van der Waals surface area (Å²) in [7, 11) is -2.07. The van der Waals surface area contributed by atoms with E-state index in [0.29, 0.717) is 48.2 Å². The Balaban J connectivity index is 1.16. The Hall–Kier alpha value is -5.98. The maximum absolute atomic E-state index is 15.4. The van der Waals surface area contributed by atoms with Crippen molar-refractivity contribution in [1.82, 2.24) is 30.3 Å². The number of hydrogen-bond acceptors (Lipinski definition) is 12. The number of aryl methyl sites for hydroxylation is 1. The lowest BCUT2D eigenvalue weighted by atomic mass is 9.93. The van der Waals surface area contributed by atoms with Crippen molar-refractivity contribution in [3.63, 3.8) is 0 Å². The van der Waals surface area contributed by atoms with Crippen molar-refractivity contribution in [2.75, 3.05) is 11.9 Å². The molecule has 22 heteroatoms. The average Bonchev–Trinajstić information content (AvgIpc) is 4.20. The highest BCUT2D eigenvalue weighted by atomic mass is 35.5. The lowest BCUT2D eigenvalue weighted by molar-refractivity contribution is -0.120. The third kappa shape index (κ3) is 8.27. The third-order valence-corrected chi connectivity index (χ3v) is 15.4. The van der Waals surface area contributed by atoms with E-state index in [1.807, 2.05) is 0 Å². The second-order valence-corrected chi connectivity index (χ2v) is 20.7. The molecule has 3 atom stereocenters. The molecule has 4 aliphatic rings. The van der Waals surface area contributed by atoms with E-state index in [1.165, 1.54) is 24.6 Å². The Kier molecular flexibility index (Phi) is 11.0. The fourth-order valence-electron chi connectivity index (χ4n) is 8.37. The summed E-state index contributed by atoms with van der Waals surface area (Å²) >= 11 is 6.81. The number of rotatable bonds is 13. The predicted molar refractivity (Wildman–Crippen MR) is 230 cm³/mol. The molecule has 4 fully saturated rings. The lowest BCUT2D eigenvalue weighted by Gasteiger charge is -2.23. The molecule has 0 radical (unpaired) electrons. The molecule has 1 amide bonds. The number of allylic oxidation sites excluding steroid dienone is 2. The van der Waals surface area contributed by atoms with Crippen LogP contribution in [0.15, 0.2) is 63.1 Å². The largest absolute Gasteiger partial charge is 0.405 e. The normalized spacial score (nSPS) is 21.4. The summed E-state index contributed by atoms with van der Waals surface area (Å²) in [6, 6.07) is 7.52. The number of sulfone groups is 1. The number of carbonyl (C=O) groups excluding carboxylic acids is 1. The lowest BCUT2D eigenvalue weighted by Crippen LogP contribution is -2.35. The minimum Gasteiger partial charge on any atom is -0.405 e. The summed E-state index contributed by atoms with van der Waals surface area (Å²) in [5.74, 6) is -2.91. The number of pyridine rings is 1. The molecule has 0 aliphatic heterocycles. The van der Waals surface area contributed by atoms with Crippen LogP contribution in [0.2, 0.25) is 5.02 Å². The van der Waals surface area contributed by atoms with Crippen LogP contribution in [-0.4, -0.2) is 79.0 Å². The van der Waals surface area contributed by atoms with Gasteiger partial charge in [-0.15, -0.1) is 5.10 Å². The van der Waals surface area contributed by atoms with Gasteiger partial charge in [0, 0.05) is 35.7 Å². The second kappa shape index (κ2) is 16.1. The zero-order valence-electron chi connectivity index (χ0n) is 35.3. The van der Waals surface area contributed by atoms with E-state index in [-0.39, 0.29) is 58.1 Å². The maximum Gasteiger partial charge on any atom is 0.321 e. The fraction of sp³-hybridized carbons (Fsp3) is 0.409. The molecule has 346 valence electrons. The molecular formula is C44H40ClF6N9O5S. The van der Waals surface area contributed by atoms with Gasteiger partial charge in [-0.2, -0.15) is 13.9 Å². The van der Waals surface area contributed by atoms with E-state index in [4.69, 9.17) is 26.7 Å². The molecule has 5 N–H and O–H groups in total. The van der Waals surface area contributed by atoms with Gasteiger partial charge in [-0.05, 0) is 100 Å². The quantitative estimate of drug-likeness (QED) is 0.0700. The number of halogens is 7. The number of aromatic nitrogens is 5. The minimum atomic E-state index is -3.67. The number of hydrogen-bond donors (Lipinski definition) is 4. The molecule has 0 unspecified atom stereocenters. The van der Waals surface area contributed by atoms with Crippen LogP contribution < -0.4 is 16.4 Å². The smallest absolute Gasteiger partial charge is 0.321 e. The van der Waals surface area contributed by atoms with E-state index in [1.54, 1.807) is 25.2 Å². The summed E-state index contributed by atoms with van der Waals surface area (Å²) in [4.78, 5) is 22.6. The molecule has 0 bridgehead atoms. The Labute approximate surface area is 378 Å². The molecule has 9 rings (SSSR count). The van der Waals surface area contributed by atoms with Gasteiger partial charge in [0.15, 0.2) is 15.7 Å². The first-order valence-corrected chi connectivity index (χ1v) is 22.7. The van der Waals surface area contributed by atoms with Crippen molar-refractivity contribution in [1.29, 1.82) is 0 Å². The fourth-order valence-corrected chi connectivity index (χ4v) is 10.4. The molecule has 3 aromatic heterocycles. The number of nitrogens with zero attached hydrogens (tertiary/aromatic N) is 6. The molecule has 4 saturated carbocycles. The molecule has 2 aromatic carbocycles. The van der Waals surface area contributed by atoms with Gasteiger partial charge < -0.3 is 20.6 Å². The molecule has 3 heterocycles. The first kappa shape index (κ1) is 45.2. The number of amides is 1. The van der Waals surface area contributed by atoms with E-state index in [0.717, 1.165) is 12.1 Å². The van der Waals surface area contributed by atoms with E-state index < -0.39 is 96.7 Å². The topological polar surface area (TPSA) is 204 Å². The number of alkyl halides is 4. The van der Waals surface area contributed by atoms with Crippen LogP contribution in [0, 0.1) is 35.3 Å². The van der Waals surface area contributed by atoms with E-state index in [2.05, 4.69) is 42.8 Å². The SMILES string of the molecule is Cn1nc(Nc2nnc(C3(O)CC3)o2)c2c(Cl)ccc(-c3ccc(C#CC(C)(C)S(=O)(=O)C4CC4)nc3[C@H](Cc3cc(F)cc(F)c3)NC(=O)CN=C3C(=C(N)C(F)F)[C@H]4C[C@H]4C3(F)F)c21. The number of aliphatic hydroxyl groups is 1. The van der Waals surface area contributed by atoms with Gasteiger partial charge in [0.1, 0.15) is 39.9 Å². The maximum atomic E-state index is 15.4. The van der Waals surface area contributed by atoms with Crippen LogP contribution in [0.4, 0.5) is 38.2 Å². The zero-order valence-corrected chi connectivity index (χ0v) is 36.8. The van der Waals surface area contributed by atoms with Gasteiger partial charge in [0.2, 0.25) is 11.8 Å². The van der Waals surface area contributed by atoms with Crippen LogP contribution >= 0.6 is 11.6 Å². The van der Waals surface area contributed by atoms with E-state index in [9.17, 15) is 35.9 Å². The van der Waals surface area contributed by atoms with Crippen LogP contribution in [0.5, 0.6) is 0 Å². The first-order chi connectivity index (χ1) is 31.1. The van der Waals surface area contributed by atoms with Crippen molar-refractivity contribution in [3.05, 3.63) is 93.2 Å². The number of fused-ring (bicyclic) bond motifs is 2. The third-order valence-electron chi connectivity index (χ3n) is 12.2. The van der Waals surface area contributed by atoms with Crippen LogP contribution in [0.25, 0.3) is 22.0 Å². The summed E-state index contributed by atoms with van der Waals surface area (Å²) in [5.41, 5.74) is 2.96. The number of benzene rings is 2. The Morgan fingerprint density at radius 1 is 1.11 bits per heavy atom. The Morgan fingerprint density at radius 3 is 2.47 bits per heavy atom. The van der Waals surface area contributed by atoms with Gasteiger partial charge >= 0.3 is 6.01 Å². The van der Waals surface area contributed by atoms with Crippen molar-refractivity contribution in [3.8, 4) is 23.0 Å². The number of carbonyl (C=O) groups is 1. The average molecular weight is 956 g/mol. The molecule has 4 aliphatic carbocycles. The van der Waals surface area contributed by atoms with Gasteiger partial charge in [-0.1, -0.05) is 28.7 Å². The number of nitrogens with one attached hydrogen (secondary N) is 2. The highest BCUT2D eigenvalue weighted by Gasteiger charge is 2.67. The number of aliphatic imine (C=N–C) groups is 1. The number of anilines is 2. The molecule has 0 spiro atoms. The summed E-state index contributed by atoms with van der Waals surface area (Å²) in [5, 5.41) is 28.7. The van der Waals surface area contributed by atoms with Gasteiger partial charge in [0.05, 0.1) is 38.6 Å².